The number of rotatable bonds is 13. The predicted octanol–water partition coefficient (Wildman–Crippen LogP) is 6.91. The zero-order valence-corrected chi connectivity index (χ0v) is 27.0. The van der Waals surface area contributed by atoms with Crippen molar-refractivity contribution < 1.29 is 23.0 Å². The maximum atomic E-state index is 12.7. The molecule has 7 nitrogen and oxygen atoms in total. The van der Waals surface area contributed by atoms with Crippen molar-refractivity contribution in [2.45, 2.75) is 56.1 Å². The minimum absolute atomic E-state index is 0.0120. The van der Waals surface area contributed by atoms with Crippen LogP contribution in [0.15, 0.2) is 144 Å². The molecule has 6 rings (SSSR count). The fraction of sp³-hybridized carbons (Fsp3) is 0.231. The highest BCUT2D eigenvalue weighted by Gasteiger charge is 2.33. The first kappa shape index (κ1) is 32.8. The topological polar surface area (TPSA) is 88.1 Å². The van der Waals surface area contributed by atoms with Crippen molar-refractivity contribution in [3.63, 3.8) is 0 Å². The predicted molar refractivity (Wildman–Crippen MR) is 182 cm³/mol. The van der Waals surface area contributed by atoms with E-state index in [9.17, 15) is 13.5 Å². The Morgan fingerprint density at radius 3 is 1.74 bits per heavy atom. The molecule has 0 bridgehead atoms. The Hall–Kier alpha value is -4.15. The third-order valence-electron chi connectivity index (χ3n) is 8.35. The molecule has 0 radical (unpaired) electrons. The normalized spacial score (nSPS) is 18.3. The summed E-state index contributed by atoms with van der Waals surface area (Å²) in [6.07, 6.45) is -0.268. The van der Waals surface area contributed by atoms with Crippen LogP contribution in [0.25, 0.3) is 0 Å². The van der Waals surface area contributed by atoms with Gasteiger partial charge in [0.25, 0.3) is 0 Å². The number of benzene rings is 5. The van der Waals surface area contributed by atoms with Crippen molar-refractivity contribution in [1.82, 2.24) is 9.62 Å². The number of sulfonamides is 1. The van der Waals surface area contributed by atoms with Crippen molar-refractivity contribution in [3.05, 3.63) is 173 Å². The van der Waals surface area contributed by atoms with E-state index in [0.29, 0.717) is 13.0 Å². The van der Waals surface area contributed by atoms with Gasteiger partial charge in [-0.25, -0.2) is 13.1 Å². The summed E-state index contributed by atoms with van der Waals surface area (Å²) in [6.45, 7) is 2.42. The van der Waals surface area contributed by atoms with Crippen molar-refractivity contribution in [1.29, 1.82) is 0 Å². The Kier molecular flexibility index (Phi) is 10.9. The molecular weight excluding hydrogens is 609 g/mol. The van der Waals surface area contributed by atoms with Crippen LogP contribution < -0.4 is 4.72 Å². The molecule has 3 unspecified atom stereocenters. The second-order valence-corrected chi connectivity index (χ2v) is 13.6. The fourth-order valence-corrected chi connectivity index (χ4v) is 6.88. The van der Waals surface area contributed by atoms with Gasteiger partial charge in [-0.1, -0.05) is 127 Å². The highest BCUT2D eigenvalue weighted by molar-refractivity contribution is 7.89. The number of aliphatic hydroxyl groups is 1. The minimum Gasteiger partial charge on any atom is -0.392 e. The summed E-state index contributed by atoms with van der Waals surface area (Å²) < 4.78 is 41.4. The van der Waals surface area contributed by atoms with Crippen LogP contribution in [0.3, 0.4) is 0 Å². The lowest BCUT2D eigenvalue weighted by Crippen LogP contribution is -2.39. The standard InChI is InChI=1S/C39H40N2O5S/c42-29-33-18-20-34(21-19-33)38-24-36(28-41(26-31-10-4-1-5-11-31)27-32-12-6-2-7-13-32)45-39(46-38)35-22-16-30(17-23-35)25-40-47(43,44)37-14-8-3-9-15-37/h1-23,36,38-40,42H,24-29H2. The molecule has 8 heteroatoms. The summed E-state index contributed by atoms with van der Waals surface area (Å²) in [5.74, 6) is 0. The van der Waals surface area contributed by atoms with E-state index in [1.54, 1.807) is 30.3 Å². The molecule has 0 aromatic heterocycles. The van der Waals surface area contributed by atoms with Crippen LogP contribution in [0.1, 0.15) is 52.2 Å². The van der Waals surface area contributed by atoms with Crippen LogP contribution in [-0.2, 0) is 45.7 Å². The van der Waals surface area contributed by atoms with Crippen molar-refractivity contribution in [2.75, 3.05) is 6.54 Å². The van der Waals surface area contributed by atoms with Gasteiger partial charge < -0.3 is 14.6 Å². The molecule has 1 fully saturated rings. The van der Waals surface area contributed by atoms with Gasteiger partial charge in [-0.3, -0.25) is 4.90 Å². The average Bonchev–Trinajstić information content (AvgIpc) is 3.12. The van der Waals surface area contributed by atoms with Gasteiger partial charge in [0, 0.05) is 38.2 Å². The van der Waals surface area contributed by atoms with E-state index in [2.05, 4.69) is 58.2 Å². The van der Waals surface area contributed by atoms with E-state index in [1.165, 1.54) is 11.1 Å². The first-order chi connectivity index (χ1) is 22.9. The zero-order valence-electron chi connectivity index (χ0n) is 26.2. The lowest BCUT2D eigenvalue weighted by molar-refractivity contribution is -0.253. The minimum atomic E-state index is -3.62. The van der Waals surface area contributed by atoms with E-state index < -0.39 is 16.3 Å². The lowest BCUT2D eigenvalue weighted by Gasteiger charge is -2.38. The molecule has 0 spiro atoms. The van der Waals surface area contributed by atoms with Crippen molar-refractivity contribution in [2.24, 2.45) is 0 Å². The number of nitrogens with one attached hydrogen (secondary N) is 1. The Morgan fingerprint density at radius 1 is 0.638 bits per heavy atom. The van der Waals surface area contributed by atoms with Crippen LogP contribution in [0.2, 0.25) is 0 Å². The Morgan fingerprint density at radius 2 is 1.17 bits per heavy atom. The molecule has 3 atom stereocenters. The summed E-state index contributed by atoms with van der Waals surface area (Å²) in [5.41, 5.74) is 6.05. The lowest BCUT2D eigenvalue weighted by atomic mass is 9.99. The SMILES string of the molecule is O=S(=O)(NCc1ccc(C2OC(CN(Cc3ccccc3)Cc3ccccc3)CC(c3ccc(CO)cc3)O2)cc1)c1ccccc1. The van der Waals surface area contributed by atoms with Gasteiger partial charge in [0.15, 0.2) is 6.29 Å². The van der Waals surface area contributed by atoms with E-state index in [0.717, 1.165) is 35.3 Å². The van der Waals surface area contributed by atoms with Gasteiger partial charge in [-0.15, -0.1) is 0 Å². The largest absolute Gasteiger partial charge is 0.392 e. The second-order valence-electron chi connectivity index (χ2n) is 11.9. The van der Waals surface area contributed by atoms with E-state index in [1.807, 2.05) is 60.7 Å². The molecule has 5 aromatic carbocycles. The third kappa shape index (κ3) is 9.02. The molecule has 5 aromatic rings. The second kappa shape index (κ2) is 15.6. The fourth-order valence-electron chi connectivity index (χ4n) is 5.84. The quantitative estimate of drug-likeness (QED) is 0.144. The van der Waals surface area contributed by atoms with Gasteiger partial charge in [0.2, 0.25) is 10.0 Å². The monoisotopic (exact) mass is 648 g/mol. The average molecular weight is 649 g/mol. The van der Waals surface area contributed by atoms with Crippen LogP contribution in [-0.4, -0.2) is 31.1 Å². The molecule has 47 heavy (non-hydrogen) atoms. The van der Waals surface area contributed by atoms with E-state index >= 15 is 0 Å². The molecule has 0 aliphatic carbocycles. The Labute approximate surface area is 277 Å². The van der Waals surface area contributed by atoms with Crippen LogP contribution in [0.5, 0.6) is 0 Å². The first-order valence-electron chi connectivity index (χ1n) is 15.9. The first-order valence-corrected chi connectivity index (χ1v) is 17.4. The molecule has 1 aliphatic heterocycles. The summed E-state index contributed by atoms with van der Waals surface area (Å²) in [4.78, 5) is 2.66. The van der Waals surface area contributed by atoms with Crippen LogP contribution >= 0.6 is 0 Å². The smallest absolute Gasteiger partial charge is 0.240 e. The summed E-state index contributed by atoms with van der Waals surface area (Å²) in [7, 11) is -3.62. The molecule has 1 heterocycles. The maximum Gasteiger partial charge on any atom is 0.240 e. The summed E-state index contributed by atoms with van der Waals surface area (Å²) in [5, 5.41) is 9.58. The van der Waals surface area contributed by atoms with Crippen LogP contribution in [0, 0.1) is 0 Å². The van der Waals surface area contributed by atoms with Gasteiger partial charge in [0.05, 0.1) is 23.7 Å². The van der Waals surface area contributed by atoms with Gasteiger partial charge in [-0.05, 0) is 39.9 Å². The summed E-state index contributed by atoms with van der Waals surface area (Å²) >= 11 is 0. The number of ether oxygens (including phenoxy) is 2. The van der Waals surface area contributed by atoms with E-state index in [-0.39, 0.29) is 30.3 Å². The molecule has 0 amide bonds. The number of aliphatic hydroxyl groups excluding tert-OH is 1. The molecule has 0 saturated carbocycles. The van der Waals surface area contributed by atoms with Gasteiger partial charge in [0.1, 0.15) is 0 Å². The molecular formula is C39H40N2O5S. The molecule has 242 valence electrons. The summed E-state index contributed by atoms with van der Waals surface area (Å²) in [6, 6.07) is 44.9. The highest BCUT2D eigenvalue weighted by Crippen LogP contribution is 2.38. The Bertz CT molecular complexity index is 1740. The van der Waals surface area contributed by atoms with Gasteiger partial charge >= 0.3 is 0 Å². The molecule has 1 saturated heterocycles. The van der Waals surface area contributed by atoms with Crippen molar-refractivity contribution in [3.8, 4) is 0 Å². The van der Waals surface area contributed by atoms with Crippen LogP contribution in [0.4, 0.5) is 0 Å². The van der Waals surface area contributed by atoms with Gasteiger partial charge in [-0.2, -0.15) is 0 Å². The number of hydrogen-bond acceptors (Lipinski definition) is 6. The number of hydrogen-bond donors (Lipinski definition) is 2. The third-order valence-corrected chi connectivity index (χ3v) is 9.76. The van der Waals surface area contributed by atoms with Crippen molar-refractivity contribution >= 4 is 10.0 Å². The zero-order chi connectivity index (χ0) is 32.5. The van der Waals surface area contributed by atoms with E-state index in [4.69, 9.17) is 9.47 Å². The highest BCUT2D eigenvalue weighted by atomic mass is 32.2. The maximum absolute atomic E-state index is 12.7. The Balaban J connectivity index is 1.20. The molecule has 1 aliphatic rings. The molecule has 2 N–H and O–H groups in total. The number of nitrogens with zero attached hydrogens (tertiary/aromatic N) is 1.